The maximum atomic E-state index is 12.6. The highest BCUT2D eigenvalue weighted by Crippen LogP contribution is 2.18. The van der Waals surface area contributed by atoms with Crippen molar-refractivity contribution in [2.75, 3.05) is 17.2 Å². The molecule has 0 aliphatic heterocycles. The van der Waals surface area contributed by atoms with Crippen LogP contribution in [0.5, 0.6) is 5.75 Å². The summed E-state index contributed by atoms with van der Waals surface area (Å²) in [6.07, 6.45) is 0.824. The van der Waals surface area contributed by atoms with E-state index >= 15 is 0 Å². The number of carbonyl (C=O) groups is 2. The molecule has 2 amide bonds. The smallest absolute Gasteiger partial charge is 0.255 e. The molecule has 4 rings (SSSR count). The van der Waals surface area contributed by atoms with Crippen LogP contribution in [0.25, 0.3) is 0 Å². The number of carbonyl (C=O) groups excluding carboxylic acids is 2. The van der Waals surface area contributed by atoms with Crippen LogP contribution in [0.2, 0.25) is 0 Å². The van der Waals surface area contributed by atoms with Gasteiger partial charge in [-0.05, 0) is 72.6 Å². The summed E-state index contributed by atoms with van der Waals surface area (Å²) in [6, 6.07) is 31.7. The number of hydrogen-bond donors (Lipinski definition) is 2. The van der Waals surface area contributed by atoms with Gasteiger partial charge in [0.2, 0.25) is 0 Å². The van der Waals surface area contributed by atoms with E-state index in [1.807, 2.05) is 43.3 Å². The Morgan fingerprint density at radius 1 is 0.676 bits per heavy atom. The first kappa shape index (κ1) is 22.8. The quantitative estimate of drug-likeness (QED) is 0.340. The Labute approximate surface area is 199 Å². The van der Waals surface area contributed by atoms with Crippen LogP contribution in [0.1, 0.15) is 31.8 Å². The number of ether oxygens (including phenoxy) is 1. The van der Waals surface area contributed by atoms with Crippen LogP contribution in [0.3, 0.4) is 0 Å². The topological polar surface area (TPSA) is 67.4 Å². The van der Waals surface area contributed by atoms with E-state index in [2.05, 4.69) is 22.8 Å². The number of anilines is 2. The van der Waals surface area contributed by atoms with Crippen molar-refractivity contribution in [3.05, 3.63) is 125 Å². The number of benzene rings is 4. The van der Waals surface area contributed by atoms with Crippen LogP contribution in [0, 0.1) is 6.92 Å². The lowest BCUT2D eigenvalue weighted by Gasteiger charge is -2.10. The molecule has 0 fully saturated rings. The highest BCUT2D eigenvalue weighted by atomic mass is 16.5. The van der Waals surface area contributed by atoms with Crippen LogP contribution >= 0.6 is 0 Å². The molecule has 0 spiro atoms. The van der Waals surface area contributed by atoms with E-state index in [1.54, 1.807) is 54.6 Å². The summed E-state index contributed by atoms with van der Waals surface area (Å²) in [5, 5.41) is 5.75. The summed E-state index contributed by atoms with van der Waals surface area (Å²) in [6.45, 7) is 2.47. The van der Waals surface area contributed by atoms with E-state index in [0.717, 1.165) is 17.7 Å². The molecule has 0 aliphatic rings. The lowest BCUT2D eigenvalue weighted by Crippen LogP contribution is -2.14. The Bertz CT molecular complexity index is 1250. The number of aryl methyl sites for hydroxylation is 1. The maximum Gasteiger partial charge on any atom is 0.255 e. The molecule has 0 saturated heterocycles. The molecule has 0 aromatic heterocycles. The minimum atomic E-state index is -0.215. The van der Waals surface area contributed by atoms with Crippen LogP contribution in [-0.4, -0.2) is 18.4 Å². The second-order valence-corrected chi connectivity index (χ2v) is 7.91. The van der Waals surface area contributed by atoms with Gasteiger partial charge in [0.05, 0.1) is 6.61 Å². The highest BCUT2D eigenvalue weighted by molar-refractivity contribution is 6.06. The van der Waals surface area contributed by atoms with Crippen molar-refractivity contribution >= 4 is 23.2 Å². The zero-order valence-electron chi connectivity index (χ0n) is 19.0. The average molecular weight is 451 g/mol. The molecule has 0 saturated carbocycles. The Kier molecular flexibility index (Phi) is 7.35. The zero-order valence-corrected chi connectivity index (χ0v) is 19.0. The summed E-state index contributed by atoms with van der Waals surface area (Å²) in [7, 11) is 0. The Morgan fingerprint density at radius 2 is 1.26 bits per heavy atom. The van der Waals surface area contributed by atoms with Crippen LogP contribution < -0.4 is 15.4 Å². The number of nitrogens with one attached hydrogen (secondary N) is 2. The van der Waals surface area contributed by atoms with Gasteiger partial charge in [0.1, 0.15) is 5.75 Å². The summed E-state index contributed by atoms with van der Waals surface area (Å²) < 4.78 is 5.78. The Morgan fingerprint density at radius 3 is 1.91 bits per heavy atom. The number of amides is 2. The highest BCUT2D eigenvalue weighted by Gasteiger charge is 2.10. The summed E-state index contributed by atoms with van der Waals surface area (Å²) in [5.74, 6) is 0.342. The molecule has 0 bridgehead atoms. The summed E-state index contributed by atoms with van der Waals surface area (Å²) in [4.78, 5) is 25.0. The van der Waals surface area contributed by atoms with E-state index in [-0.39, 0.29) is 11.8 Å². The van der Waals surface area contributed by atoms with Gasteiger partial charge in [-0.3, -0.25) is 9.59 Å². The second kappa shape index (κ2) is 11.0. The fraction of sp³-hybridized carbons (Fsp3) is 0.103. The Hall–Kier alpha value is -4.38. The minimum absolute atomic E-state index is 0.166. The molecule has 4 aromatic rings. The van der Waals surface area contributed by atoms with E-state index < -0.39 is 0 Å². The van der Waals surface area contributed by atoms with Crippen molar-refractivity contribution < 1.29 is 14.3 Å². The van der Waals surface area contributed by atoms with Crippen molar-refractivity contribution in [2.24, 2.45) is 0 Å². The Balaban J connectivity index is 1.28. The van der Waals surface area contributed by atoms with E-state index in [9.17, 15) is 9.59 Å². The SMILES string of the molecule is Cc1ccccc1C(=O)Nc1ccc(NC(=O)c2ccc(OCCc3ccccc3)cc2)cc1. The van der Waals surface area contributed by atoms with Crippen LogP contribution in [0.4, 0.5) is 11.4 Å². The summed E-state index contributed by atoms with van der Waals surface area (Å²) in [5.41, 5.74) is 4.60. The third kappa shape index (κ3) is 6.11. The molecule has 0 heterocycles. The molecule has 34 heavy (non-hydrogen) atoms. The molecule has 0 aliphatic carbocycles. The van der Waals surface area contributed by atoms with Gasteiger partial charge in [-0.2, -0.15) is 0 Å². The number of hydrogen-bond acceptors (Lipinski definition) is 3. The molecular weight excluding hydrogens is 424 g/mol. The normalized spacial score (nSPS) is 10.4. The predicted molar refractivity (Wildman–Crippen MR) is 136 cm³/mol. The lowest BCUT2D eigenvalue weighted by molar-refractivity contribution is 0.101. The van der Waals surface area contributed by atoms with Crippen molar-refractivity contribution in [2.45, 2.75) is 13.3 Å². The first-order valence-electron chi connectivity index (χ1n) is 11.1. The van der Waals surface area contributed by atoms with Gasteiger partial charge >= 0.3 is 0 Å². The van der Waals surface area contributed by atoms with Gasteiger partial charge < -0.3 is 15.4 Å². The molecule has 170 valence electrons. The standard InChI is InChI=1S/C29H26N2O3/c1-21-7-5-6-10-27(21)29(33)31-25-15-13-24(14-16-25)30-28(32)23-11-17-26(18-12-23)34-20-19-22-8-3-2-4-9-22/h2-18H,19-20H2,1H3,(H,30,32)(H,31,33). The minimum Gasteiger partial charge on any atom is -0.493 e. The van der Waals surface area contributed by atoms with Crippen molar-refractivity contribution in [3.8, 4) is 5.75 Å². The maximum absolute atomic E-state index is 12.6. The molecular formula is C29H26N2O3. The largest absolute Gasteiger partial charge is 0.493 e. The molecule has 2 N–H and O–H groups in total. The van der Waals surface area contributed by atoms with Crippen molar-refractivity contribution in [3.63, 3.8) is 0 Å². The first-order valence-corrected chi connectivity index (χ1v) is 11.1. The van der Waals surface area contributed by atoms with Gasteiger partial charge in [-0.25, -0.2) is 0 Å². The van der Waals surface area contributed by atoms with Gasteiger partial charge in [-0.1, -0.05) is 48.5 Å². The van der Waals surface area contributed by atoms with Crippen LogP contribution in [-0.2, 0) is 6.42 Å². The van der Waals surface area contributed by atoms with Gasteiger partial charge in [0.15, 0.2) is 0 Å². The third-order valence-corrected chi connectivity index (χ3v) is 5.41. The number of rotatable bonds is 8. The molecule has 0 unspecified atom stereocenters. The van der Waals surface area contributed by atoms with E-state index in [0.29, 0.717) is 29.1 Å². The molecule has 0 atom stereocenters. The van der Waals surface area contributed by atoms with Crippen molar-refractivity contribution in [1.82, 2.24) is 0 Å². The van der Waals surface area contributed by atoms with Crippen molar-refractivity contribution in [1.29, 1.82) is 0 Å². The van der Waals surface area contributed by atoms with Gasteiger partial charge in [-0.15, -0.1) is 0 Å². The van der Waals surface area contributed by atoms with Crippen LogP contribution in [0.15, 0.2) is 103 Å². The average Bonchev–Trinajstić information content (AvgIpc) is 2.86. The fourth-order valence-electron chi connectivity index (χ4n) is 3.50. The first-order chi connectivity index (χ1) is 16.6. The van der Waals surface area contributed by atoms with Gasteiger partial charge in [0, 0.05) is 28.9 Å². The molecule has 4 aromatic carbocycles. The molecule has 5 nitrogen and oxygen atoms in total. The fourth-order valence-corrected chi connectivity index (χ4v) is 3.50. The van der Waals surface area contributed by atoms with E-state index in [4.69, 9.17) is 4.74 Å². The molecule has 0 radical (unpaired) electrons. The molecule has 5 heteroatoms. The monoisotopic (exact) mass is 450 g/mol. The lowest BCUT2D eigenvalue weighted by atomic mass is 10.1. The summed E-state index contributed by atoms with van der Waals surface area (Å²) >= 11 is 0. The second-order valence-electron chi connectivity index (χ2n) is 7.91. The van der Waals surface area contributed by atoms with Gasteiger partial charge in [0.25, 0.3) is 11.8 Å². The van der Waals surface area contributed by atoms with E-state index in [1.165, 1.54) is 5.56 Å². The third-order valence-electron chi connectivity index (χ3n) is 5.41. The zero-order chi connectivity index (χ0) is 23.8. The predicted octanol–water partition coefficient (Wildman–Crippen LogP) is 6.12.